The first-order chi connectivity index (χ1) is 17.7. The van der Waals surface area contributed by atoms with Crippen molar-refractivity contribution in [2.24, 2.45) is 0 Å². The summed E-state index contributed by atoms with van der Waals surface area (Å²) in [6.45, 7) is 4.75. The van der Waals surface area contributed by atoms with E-state index in [-0.39, 0.29) is 13.2 Å². The van der Waals surface area contributed by atoms with Crippen LogP contribution >= 0.6 is 0 Å². The lowest BCUT2D eigenvalue weighted by atomic mass is 10.1. The van der Waals surface area contributed by atoms with Crippen LogP contribution in [-0.4, -0.2) is 32.4 Å². The zero-order chi connectivity index (χ0) is 25.0. The van der Waals surface area contributed by atoms with Gasteiger partial charge in [0.1, 0.15) is 19.0 Å². The third-order valence-electron chi connectivity index (χ3n) is 5.65. The number of rotatable bonds is 13. The molecule has 0 aromatic heterocycles. The molecule has 0 aliphatic carbocycles. The fourth-order valence-corrected chi connectivity index (χ4v) is 3.86. The van der Waals surface area contributed by atoms with Crippen molar-refractivity contribution in [1.82, 2.24) is 0 Å². The Hall–Kier alpha value is -4.25. The second-order valence-corrected chi connectivity index (χ2v) is 8.14. The molecule has 0 aliphatic heterocycles. The number of esters is 1. The summed E-state index contributed by atoms with van der Waals surface area (Å²) in [6, 6.07) is 30.2. The summed E-state index contributed by atoms with van der Waals surface area (Å²) in [4.78, 5) is 11.3. The third kappa shape index (κ3) is 6.89. The van der Waals surface area contributed by atoms with Gasteiger partial charge in [0.15, 0.2) is 11.5 Å². The van der Waals surface area contributed by atoms with Crippen LogP contribution < -0.4 is 14.2 Å². The van der Waals surface area contributed by atoms with E-state index in [4.69, 9.17) is 18.9 Å². The number of hydrogen-bond donors (Lipinski definition) is 0. The van der Waals surface area contributed by atoms with Gasteiger partial charge in [-0.1, -0.05) is 91.5 Å². The van der Waals surface area contributed by atoms with Crippen molar-refractivity contribution in [3.8, 4) is 17.2 Å². The molecule has 4 rings (SSSR count). The Morgan fingerprint density at radius 1 is 0.639 bits per heavy atom. The van der Waals surface area contributed by atoms with Crippen molar-refractivity contribution in [1.29, 1.82) is 0 Å². The van der Waals surface area contributed by atoms with Crippen molar-refractivity contribution in [2.45, 2.75) is 12.8 Å². The zero-order valence-electron chi connectivity index (χ0n) is 20.2. The summed E-state index contributed by atoms with van der Waals surface area (Å²) in [5, 5.41) is 1.80. The van der Waals surface area contributed by atoms with Gasteiger partial charge >= 0.3 is 5.97 Å². The normalized spacial score (nSPS) is 10.6. The maximum Gasteiger partial charge on any atom is 0.330 e. The summed E-state index contributed by atoms with van der Waals surface area (Å²) in [6.07, 6.45) is 2.69. The van der Waals surface area contributed by atoms with Crippen molar-refractivity contribution in [3.05, 3.63) is 115 Å². The van der Waals surface area contributed by atoms with E-state index in [1.165, 1.54) is 11.1 Å². The molecule has 5 heteroatoms. The molecule has 184 valence electrons. The van der Waals surface area contributed by atoms with Crippen LogP contribution in [-0.2, 0) is 22.4 Å². The maximum atomic E-state index is 11.3. The maximum absolute atomic E-state index is 11.3. The number of benzene rings is 4. The molecule has 0 saturated carbocycles. The topological polar surface area (TPSA) is 54.0 Å². The number of ether oxygens (including phenoxy) is 4. The molecule has 0 bridgehead atoms. The summed E-state index contributed by atoms with van der Waals surface area (Å²) < 4.78 is 23.6. The molecule has 0 radical (unpaired) electrons. The summed E-state index contributed by atoms with van der Waals surface area (Å²) in [5.74, 6) is 1.48. The van der Waals surface area contributed by atoms with Gasteiger partial charge in [0, 0.05) is 35.8 Å². The lowest BCUT2D eigenvalue weighted by Crippen LogP contribution is -2.11. The Morgan fingerprint density at radius 2 is 1.19 bits per heavy atom. The molecule has 0 aliphatic rings. The Balaban J connectivity index is 1.55. The van der Waals surface area contributed by atoms with Gasteiger partial charge in [-0.25, -0.2) is 4.79 Å². The molecule has 5 nitrogen and oxygen atoms in total. The van der Waals surface area contributed by atoms with Crippen LogP contribution in [0, 0.1) is 0 Å². The van der Waals surface area contributed by atoms with E-state index in [2.05, 4.69) is 30.8 Å². The molecule has 0 spiro atoms. The first-order valence-corrected chi connectivity index (χ1v) is 12.1. The van der Waals surface area contributed by atoms with E-state index in [1.54, 1.807) is 0 Å². The highest BCUT2D eigenvalue weighted by molar-refractivity contribution is 5.95. The van der Waals surface area contributed by atoms with Gasteiger partial charge < -0.3 is 18.9 Å². The Kier molecular flexibility index (Phi) is 8.98. The molecule has 0 amide bonds. The van der Waals surface area contributed by atoms with Gasteiger partial charge in [-0.2, -0.15) is 0 Å². The van der Waals surface area contributed by atoms with Crippen LogP contribution in [0.1, 0.15) is 11.1 Å². The van der Waals surface area contributed by atoms with Crippen molar-refractivity contribution >= 4 is 16.7 Å². The minimum absolute atomic E-state index is 0.124. The number of carbonyl (C=O) groups excluding carboxylic acids is 1. The molecule has 4 aromatic rings. The average Bonchev–Trinajstić information content (AvgIpc) is 2.93. The monoisotopic (exact) mass is 482 g/mol. The van der Waals surface area contributed by atoms with Crippen molar-refractivity contribution in [2.75, 3.05) is 26.4 Å². The predicted octanol–water partition coefficient (Wildman–Crippen LogP) is 6.19. The number of fused-ring (bicyclic) bond motifs is 1. The Labute approximate surface area is 211 Å². The summed E-state index contributed by atoms with van der Waals surface area (Å²) >= 11 is 0. The SMILES string of the molecule is C=CC(=O)OCCOc1cc(OCCc2ccccc2)c(OCCc2ccccc2)c2ccccc12. The largest absolute Gasteiger partial charge is 0.489 e. The van der Waals surface area contributed by atoms with Crippen LogP contribution in [0.5, 0.6) is 17.2 Å². The zero-order valence-corrected chi connectivity index (χ0v) is 20.2. The fourth-order valence-electron chi connectivity index (χ4n) is 3.86. The third-order valence-corrected chi connectivity index (χ3v) is 5.65. The molecule has 36 heavy (non-hydrogen) atoms. The second kappa shape index (κ2) is 13.0. The first-order valence-electron chi connectivity index (χ1n) is 12.1. The summed E-state index contributed by atoms with van der Waals surface area (Å²) in [5.41, 5.74) is 2.41. The standard InChI is InChI=1S/C31H30O5/c1-2-30(32)35-22-21-34-28-23-29(33-19-17-24-11-5-3-6-12-24)31(27-16-10-9-15-26(27)28)36-20-18-25-13-7-4-8-14-25/h2-16,23H,1,17-22H2. The van der Waals surface area contributed by atoms with Crippen LogP contribution in [0.2, 0.25) is 0 Å². The molecular weight excluding hydrogens is 452 g/mol. The smallest absolute Gasteiger partial charge is 0.330 e. The lowest BCUT2D eigenvalue weighted by Gasteiger charge is -2.18. The van der Waals surface area contributed by atoms with E-state index in [9.17, 15) is 4.79 Å². The molecule has 0 atom stereocenters. The van der Waals surface area contributed by atoms with E-state index >= 15 is 0 Å². The Morgan fingerprint density at radius 3 is 1.83 bits per heavy atom. The minimum Gasteiger partial charge on any atom is -0.489 e. The molecule has 0 unspecified atom stereocenters. The van der Waals surface area contributed by atoms with E-state index in [0.717, 1.165) is 29.7 Å². The quantitative estimate of drug-likeness (QED) is 0.129. The van der Waals surface area contributed by atoms with Gasteiger partial charge in [0.2, 0.25) is 0 Å². The van der Waals surface area contributed by atoms with Crippen LogP contribution in [0.3, 0.4) is 0 Å². The van der Waals surface area contributed by atoms with Crippen LogP contribution in [0.15, 0.2) is 104 Å². The van der Waals surface area contributed by atoms with Crippen molar-refractivity contribution < 1.29 is 23.7 Å². The van der Waals surface area contributed by atoms with Gasteiger partial charge in [-0.3, -0.25) is 0 Å². The van der Waals surface area contributed by atoms with E-state index < -0.39 is 5.97 Å². The molecule has 4 aromatic carbocycles. The van der Waals surface area contributed by atoms with Crippen LogP contribution in [0.4, 0.5) is 0 Å². The molecule has 0 heterocycles. The number of hydrogen-bond acceptors (Lipinski definition) is 5. The highest BCUT2D eigenvalue weighted by atomic mass is 16.6. The molecule has 0 N–H and O–H groups in total. The van der Waals surface area contributed by atoms with E-state index in [0.29, 0.717) is 30.5 Å². The minimum atomic E-state index is -0.476. The highest BCUT2D eigenvalue weighted by Crippen LogP contribution is 2.42. The summed E-state index contributed by atoms with van der Waals surface area (Å²) in [7, 11) is 0. The van der Waals surface area contributed by atoms with Crippen LogP contribution in [0.25, 0.3) is 10.8 Å². The highest BCUT2D eigenvalue weighted by Gasteiger charge is 2.16. The van der Waals surface area contributed by atoms with Gasteiger partial charge in [0.25, 0.3) is 0 Å². The fraction of sp³-hybridized carbons (Fsp3) is 0.194. The molecular formula is C31H30O5. The lowest BCUT2D eigenvalue weighted by molar-refractivity contribution is -0.138. The van der Waals surface area contributed by atoms with Crippen molar-refractivity contribution in [3.63, 3.8) is 0 Å². The van der Waals surface area contributed by atoms with Gasteiger partial charge in [0.05, 0.1) is 13.2 Å². The Bertz CT molecular complexity index is 1270. The van der Waals surface area contributed by atoms with Gasteiger partial charge in [-0.15, -0.1) is 0 Å². The second-order valence-electron chi connectivity index (χ2n) is 8.14. The predicted molar refractivity (Wildman–Crippen MR) is 142 cm³/mol. The number of carbonyl (C=O) groups is 1. The van der Waals surface area contributed by atoms with E-state index in [1.807, 2.05) is 66.7 Å². The van der Waals surface area contributed by atoms with Gasteiger partial charge in [-0.05, 0) is 11.1 Å². The average molecular weight is 483 g/mol. The molecule has 0 fully saturated rings. The first kappa shape index (κ1) is 24.9. The molecule has 0 saturated heterocycles.